The predicted molar refractivity (Wildman–Crippen MR) is 69.9 cm³/mol. The van der Waals surface area contributed by atoms with Gasteiger partial charge in [0.25, 0.3) is 6.29 Å². The molecular weight excluding hydrogens is 242 g/mol. The number of pyridine rings is 1. The summed E-state index contributed by atoms with van der Waals surface area (Å²) >= 11 is 0. The fraction of sp³-hybridized carbons (Fsp3) is 0.286. The first-order valence-corrected chi connectivity index (χ1v) is 6.20. The molecular formula is C14H15N3O2. The number of nitrogens with zero attached hydrogens (tertiary/aromatic N) is 3. The van der Waals surface area contributed by atoms with Crippen molar-refractivity contribution in [1.82, 2.24) is 14.8 Å². The molecule has 98 valence electrons. The molecule has 0 aliphatic carbocycles. The van der Waals surface area contributed by atoms with E-state index in [1.807, 2.05) is 29.2 Å². The number of aromatic nitrogens is 3. The Balaban J connectivity index is 1.81. The Kier molecular flexibility index (Phi) is 2.95. The highest BCUT2D eigenvalue weighted by Crippen LogP contribution is 2.25. The van der Waals surface area contributed by atoms with Crippen molar-refractivity contribution in [2.75, 3.05) is 0 Å². The van der Waals surface area contributed by atoms with E-state index >= 15 is 0 Å². The van der Waals surface area contributed by atoms with Gasteiger partial charge in [-0.05, 0) is 26.0 Å². The molecule has 0 saturated heterocycles. The van der Waals surface area contributed by atoms with Gasteiger partial charge in [-0.3, -0.25) is 9.67 Å². The number of hydrogen-bond acceptors (Lipinski definition) is 4. The van der Waals surface area contributed by atoms with Gasteiger partial charge in [0.05, 0.1) is 17.5 Å². The maximum atomic E-state index is 5.26. The van der Waals surface area contributed by atoms with Crippen molar-refractivity contribution < 1.29 is 9.47 Å². The van der Waals surface area contributed by atoms with Crippen LogP contribution in [0.2, 0.25) is 0 Å². The van der Waals surface area contributed by atoms with Crippen LogP contribution in [0.1, 0.15) is 31.7 Å². The van der Waals surface area contributed by atoms with Crippen LogP contribution in [-0.4, -0.2) is 14.8 Å². The Bertz CT molecular complexity index is 579. The molecule has 0 amide bonds. The molecule has 0 aromatic carbocycles. The summed E-state index contributed by atoms with van der Waals surface area (Å²) in [5.74, 6) is 0. The summed E-state index contributed by atoms with van der Waals surface area (Å²) in [5, 5.41) is 4.31. The number of hydrogen-bond donors (Lipinski definition) is 0. The van der Waals surface area contributed by atoms with Gasteiger partial charge in [-0.2, -0.15) is 5.10 Å². The van der Waals surface area contributed by atoms with Crippen molar-refractivity contribution in [1.29, 1.82) is 0 Å². The Morgan fingerprint density at radius 1 is 1.16 bits per heavy atom. The van der Waals surface area contributed by atoms with Crippen molar-refractivity contribution >= 4 is 0 Å². The fourth-order valence-corrected chi connectivity index (χ4v) is 1.86. The minimum absolute atomic E-state index is 0.347. The number of ether oxygens (including phenoxy) is 2. The van der Waals surface area contributed by atoms with Gasteiger partial charge in [-0.15, -0.1) is 0 Å². The van der Waals surface area contributed by atoms with E-state index in [1.54, 1.807) is 6.20 Å². The molecule has 0 spiro atoms. The average molecular weight is 257 g/mol. The average Bonchev–Trinajstić information content (AvgIpc) is 3.11. The van der Waals surface area contributed by atoms with Crippen LogP contribution in [0.3, 0.4) is 0 Å². The zero-order valence-electron chi connectivity index (χ0n) is 10.9. The van der Waals surface area contributed by atoms with Crippen LogP contribution in [0.4, 0.5) is 0 Å². The Labute approximate surface area is 111 Å². The van der Waals surface area contributed by atoms with Crippen LogP contribution >= 0.6 is 0 Å². The van der Waals surface area contributed by atoms with Crippen molar-refractivity contribution in [3.63, 3.8) is 0 Å². The molecule has 0 atom stereocenters. The second kappa shape index (κ2) is 4.76. The Hall–Kier alpha value is -2.30. The first kappa shape index (κ1) is 11.8. The van der Waals surface area contributed by atoms with Gasteiger partial charge in [0, 0.05) is 24.0 Å². The van der Waals surface area contributed by atoms with E-state index in [9.17, 15) is 0 Å². The first-order valence-electron chi connectivity index (χ1n) is 6.20. The summed E-state index contributed by atoms with van der Waals surface area (Å²) in [6.07, 6.45) is 8.28. The van der Waals surface area contributed by atoms with E-state index in [-0.39, 0.29) is 6.29 Å². The van der Waals surface area contributed by atoms with Crippen LogP contribution in [0.15, 0.2) is 43.2 Å². The third-order valence-electron chi connectivity index (χ3n) is 2.94. The maximum absolute atomic E-state index is 5.26. The van der Waals surface area contributed by atoms with Gasteiger partial charge in [0.2, 0.25) is 0 Å². The smallest absolute Gasteiger partial charge is 0.267 e. The Morgan fingerprint density at radius 2 is 1.95 bits per heavy atom. The fourth-order valence-electron chi connectivity index (χ4n) is 1.86. The van der Waals surface area contributed by atoms with Crippen LogP contribution in [0, 0.1) is 0 Å². The molecule has 2 aromatic heterocycles. The van der Waals surface area contributed by atoms with E-state index in [4.69, 9.17) is 9.47 Å². The van der Waals surface area contributed by atoms with Crippen LogP contribution < -0.4 is 0 Å². The van der Waals surface area contributed by atoms with Gasteiger partial charge in [0.15, 0.2) is 0 Å². The minimum atomic E-state index is -0.375. The zero-order valence-corrected chi connectivity index (χ0v) is 10.9. The topological polar surface area (TPSA) is 49.2 Å². The summed E-state index contributed by atoms with van der Waals surface area (Å²) in [4.78, 5) is 4.43. The molecule has 5 nitrogen and oxygen atoms in total. The molecule has 0 N–H and O–H groups in total. The standard InChI is InChI=1S/C14H15N3O2/c1-10(2)17-9-12(8-16-17)13-4-3-11(7-15-13)14-18-5-6-19-14/h3-10,14H,1-2H3. The molecule has 3 heterocycles. The molecule has 19 heavy (non-hydrogen) atoms. The van der Waals surface area contributed by atoms with E-state index in [2.05, 4.69) is 23.9 Å². The highest BCUT2D eigenvalue weighted by Gasteiger charge is 2.16. The van der Waals surface area contributed by atoms with Gasteiger partial charge >= 0.3 is 0 Å². The van der Waals surface area contributed by atoms with Crippen molar-refractivity contribution in [2.24, 2.45) is 0 Å². The summed E-state index contributed by atoms with van der Waals surface area (Å²) in [6.45, 7) is 4.18. The highest BCUT2D eigenvalue weighted by molar-refractivity contribution is 5.56. The monoisotopic (exact) mass is 257 g/mol. The highest BCUT2D eigenvalue weighted by atomic mass is 16.7. The van der Waals surface area contributed by atoms with Gasteiger partial charge in [-0.1, -0.05) is 0 Å². The summed E-state index contributed by atoms with van der Waals surface area (Å²) in [6, 6.07) is 4.24. The lowest BCUT2D eigenvalue weighted by Gasteiger charge is -2.09. The Morgan fingerprint density at radius 3 is 2.53 bits per heavy atom. The lowest BCUT2D eigenvalue weighted by molar-refractivity contribution is -0.0248. The molecule has 2 aromatic rings. The predicted octanol–water partition coefficient (Wildman–Crippen LogP) is 3.04. The zero-order chi connectivity index (χ0) is 13.2. The van der Waals surface area contributed by atoms with Crippen molar-refractivity contribution in [3.05, 3.63) is 48.8 Å². The largest absolute Gasteiger partial charge is 0.455 e. The van der Waals surface area contributed by atoms with Crippen LogP contribution in [0.25, 0.3) is 11.3 Å². The van der Waals surface area contributed by atoms with E-state index in [0.717, 1.165) is 16.8 Å². The number of rotatable bonds is 3. The summed E-state index contributed by atoms with van der Waals surface area (Å²) in [5.41, 5.74) is 2.79. The lowest BCUT2D eigenvalue weighted by atomic mass is 10.2. The molecule has 0 unspecified atom stereocenters. The van der Waals surface area contributed by atoms with Crippen molar-refractivity contribution in [2.45, 2.75) is 26.2 Å². The molecule has 0 radical (unpaired) electrons. The molecule has 0 saturated carbocycles. The normalized spacial score (nSPS) is 14.7. The van der Waals surface area contributed by atoms with E-state index in [1.165, 1.54) is 12.5 Å². The summed E-state index contributed by atoms with van der Waals surface area (Å²) in [7, 11) is 0. The van der Waals surface area contributed by atoms with Crippen LogP contribution in [-0.2, 0) is 9.47 Å². The SMILES string of the molecule is CC(C)n1cc(-c2ccc(C3OC=CO3)cn2)cn1. The minimum Gasteiger partial charge on any atom is -0.455 e. The van der Waals surface area contributed by atoms with E-state index < -0.39 is 0 Å². The third-order valence-corrected chi connectivity index (χ3v) is 2.94. The quantitative estimate of drug-likeness (QED) is 0.848. The first-order chi connectivity index (χ1) is 9.24. The molecule has 5 heteroatoms. The van der Waals surface area contributed by atoms with Crippen LogP contribution in [0.5, 0.6) is 0 Å². The second-order valence-electron chi connectivity index (χ2n) is 4.66. The van der Waals surface area contributed by atoms with Crippen molar-refractivity contribution in [3.8, 4) is 11.3 Å². The molecule has 0 fully saturated rings. The van der Waals surface area contributed by atoms with E-state index in [0.29, 0.717) is 6.04 Å². The maximum Gasteiger partial charge on any atom is 0.267 e. The third kappa shape index (κ3) is 2.31. The lowest BCUT2D eigenvalue weighted by Crippen LogP contribution is -2.00. The molecule has 1 aliphatic heterocycles. The molecule has 3 rings (SSSR count). The summed E-state index contributed by atoms with van der Waals surface area (Å²) < 4.78 is 12.4. The van der Waals surface area contributed by atoms with Gasteiger partial charge in [0.1, 0.15) is 12.5 Å². The second-order valence-corrected chi connectivity index (χ2v) is 4.66. The van der Waals surface area contributed by atoms with Gasteiger partial charge < -0.3 is 9.47 Å². The van der Waals surface area contributed by atoms with Gasteiger partial charge in [-0.25, -0.2) is 0 Å². The molecule has 0 bridgehead atoms. The molecule has 1 aliphatic rings.